The molecule has 0 fully saturated rings. The molecular weight excluding hydrogens is 255 g/mol. The van der Waals surface area contributed by atoms with E-state index < -0.39 is 33.4 Å². The molecule has 1 aromatic carbocycles. The molecule has 1 unspecified atom stereocenters. The molecule has 1 aliphatic rings. The van der Waals surface area contributed by atoms with Crippen LogP contribution in [0.2, 0.25) is 0 Å². The van der Waals surface area contributed by atoms with E-state index >= 15 is 0 Å². The van der Waals surface area contributed by atoms with Crippen molar-refractivity contribution in [2.75, 3.05) is 0 Å². The Morgan fingerprint density at radius 2 is 1.82 bits per heavy atom. The summed E-state index contributed by atoms with van der Waals surface area (Å²) in [6.07, 6.45) is -0.485. The number of fused-ring (bicyclic) bond motifs is 1. The van der Waals surface area contributed by atoms with Crippen LogP contribution in [0, 0.1) is 0 Å². The van der Waals surface area contributed by atoms with Gasteiger partial charge < -0.3 is 1.43 Å². The maximum atomic E-state index is 11.5. The number of rotatable bonds is 1. The second kappa shape index (κ2) is 4.99. The van der Waals surface area contributed by atoms with Gasteiger partial charge in [-0.3, -0.25) is 14.1 Å². The van der Waals surface area contributed by atoms with E-state index in [1.165, 1.54) is 18.2 Å². The van der Waals surface area contributed by atoms with Gasteiger partial charge in [0.2, 0.25) is 0 Å². The van der Waals surface area contributed by atoms with Crippen LogP contribution < -0.4 is 29.6 Å². The van der Waals surface area contributed by atoms with E-state index in [4.69, 9.17) is 4.55 Å². The van der Waals surface area contributed by atoms with Gasteiger partial charge in [-0.1, -0.05) is 24.3 Å². The van der Waals surface area contributed by atoms with Gasteiger partial charge in [0.1, 0.15) is 0 Å². The van der Waals surface area contributed by atoms with Gasteiger partial charge in [-0.25, -0.2) is 0 Å². The quantitative estimate of drug-likeness (QED) is 0.356. The second-order valence-corrected chi connectivity index (χ2v) is 5.05. The molecule has 0 amide bonds. The third kappa shape index (κ3) is 2.66. The van der Waals surface area contributed by atoms with Crippen molar-refractivity contribution in [3.05, 3.63) is 35.4 Å². The molecule has 86 valence electrons. The number of ketones is 2. The zero-order valence-corrected chi connectivity index (χ0v) is 11.9. The Labute approximate surface area is 122 Å². The van der Waals surface area contributed by atoms with Crippen LogP contribution in [-0.4, -0.2) is 24.5 Å². The molecule has 1 atom stereocenters. The Bertz CT molecular complexity index is 584. The monoisotopic (exact) mass is 264 g/mol. The molecule has 1 N–H and O–H groups in total. The van der Waals surface area contributed by atoms with E-state index in [1.807, 2.05) is 0 Å². The van der Waals surface area contributed by atoms with Crippen molar-refractivity contribution in [3.8, 4) is 0 Å². The van der Waals surface area contributed by atoms with Crippen molar-refractivity contribution in [2.24, 2.45) is 0 Å². The summed E-state index contributed by atoms with van der Waals surface area (Å²) in [6.45, 7) is 0. The van der Waals surface area contributed by atoms with Crippen LogP contribution in [0.1, 0.15) is 29.0 Å². The first-order valence-corrected chi connectivity index (χ1v) is 6.02. The molecule has 17 heavy (non-hydrogen) atoms. The predicted molar refractivity (Wildman–Crippen MR) is 55.8 cm³/mol. The second-order valence-electron chi connectivity index (χ2n) is 3.55. The molecule has 0 saturated carbocycles. The smallest absolute Gasteiger partial charge is 1.00 e. The van der Waals surface area contributed by atoms with Gasteiger partial charge >= 0.3 is 29.6 Å². The minimum absolute atomic E-state index is 0. The van der Waals surface area contributed by atoms with Crippen molar-refractivity contribution < 1.29 is 53.5 Å². The van der Waals surface area contributed by atoms with Crippen molar-refractivity contribution in [1.29, 1.82) is 0 Å². The molecule has 0 heterocycles. The third-order valence-corrected chi connectivity index (χ3v) is 3.58. The molecule has 1 aromatic rings. The standard InChI is InChI=1S/C10H8O5S.Na.H/c11-8-5-9(12)10(16(13,14)15)7-4-2-1-3-6(7)8;;/h1-4,10H,5H2,(H,13,14,15);;/q;+1;-1. The average Bonchev–Trinajstić information content (AvgIpc) is 2.15. The summed E-state index contributed by atoms with van der Waals surface area (Å²) in [7, 11) is -4.51. The zero-order chi connectivity index (χ0) is 11.9. The van der Waals surface area contributed by atoms with Crippen LogP contribution in [0.3, 0.4) is 0 Å². The molecule has 0 bridgehead atoms. The zero-order valence-electron chi connectivity index (χ0n) is 10.1. The summed E-state index contributed by atoms with van der Waals surface area (Å²) >= 11 is 0. The number of hydrogen-bond donors (Lipinski definition) is 1. The van der Waals surface area contributed by atoms with Gasteiger partial charge in [-0.2, -0.15) is 8.42 Å². The molecule has 0 radical (unpaired) electrons. The van der Waals surface area contributed by atoms with E-state index in [0.717, 1.165) is 0 Å². The van der Waals surface area contributed by atoms with Crippen molar-refractivity contribution in [3.63, 3.8) is 0 Å². The van der Waals surface area contributed by atoms with Gasteiger partial charge in [-0.15, -0.1) is 0 Å². The molecule has 0 spiro atoms. The number of benzene rings is 1. The van der Waals surface area contributed by atoms with Crippen LogP contribution in [0.4, 0.5) is 0 Å². The Morgan fingerprint density at radius 1 is 1.24 bits per heavy atom. The molecular formula is C10H9NaO5S. The van der Waals surface area contributed by atoms with E-state index in [1.54, 1.807) is 6.07 Å². The maximum Gasteiger partial charge on any atom is 1.00 e. The van der Waals surface area contributed by atoms with Crippen molar-refractivity contribution in [2.45, 2.75) is 11.7 Å². The normalized spacial score (nSPS) is 19.5. The Morgan fingerprint density at radius 3 is 2.41 bits per heavy atom. The maximum absolute atomic E-state index is 11.5. The molecule has 5 nitrogen and oxygen atoms in total. The van der Waals surface area contributed by atoms with Gasteiger partial charge in [0.25, 0.3) is 10.1 Å². The molecule has 0 aromatic heterocycles. The largest absolute Gasteiger partial charge is 1.00 e. The number of hydrogen-bond acceptors (Lipinski definition) is 4. The van der Waals surface area contributed by atoms with Crippen LogP contribution in [0.5, 0.6) is 0 Å². The van der Waals surface area contributed by atoms with Crippen LogP contribution >= 0.6 is 0 Å². The predicted octanol–water partition coefficient (Wildman–Crippen LogP) is -2.11. The summed E-state index contributed by atoms with van der Waals surface area (Å²) in [5.41, 5.74) is 0.246. The Balaban J connectivity index is 0.00000144. The van der Waals surface area contributed by atoms with Crippen LogP contribution in [-0.2, 0) is 14.9 Å². The fraction of sp³-hybridized carbons (Fsp3) is 0.200. The van der Waals surface area contributed by atoms with Crippen molar-refractivity contribution in [1.82, 2.24) is 0 Å². The van der Waals surface area contributed by atoms with Crippen LogP contribution in [0.25, 0.3) is 0 Å². The topological polar surface area (TPSA) is 88.5 Å². The van der Waals surface area contributed by atoms with E-state index in [-0.39, 0.29) is 42.1 Å². The number of carbonyl (C=O) groups excluding carboxylic acids is 2. The SMILES string of the molecule is O=C1CC(=O)C(S(=O)(=O)O)c2ccccc21.[H-].[Na+]. The molecule has 0 saturated heterocycles. The van der Waals surface area contributed by atoms with E-state index in [9.17, 15) is 18.0 Å². The average molecular weight is 264 g/mol. The van der Waals surface area contributed by atoms with E-state index in [2.05, 4.69) is 0 Å². The van der Waals surface area contributed by atoms with Gasteiger partial charge in [-0.05, 0) is 5.56 Å². The van der Waals surface area contributed by atoms with Gasteiger partial charge in [0.15, 0.2) is 16.8 Å². The summed E-state index contributed by atoms with van der Waals surface area (Å²) < 4.78 is 31.2. The fourth-order valence-corrected chi connectivity index (χ4v) is 2.77. The van der Waals surface area contributed by atoms with Crippen LogP contribution in [0.15, 0.2) is 24.3 Å². The van der Waals surface area contributed by atoms with Gasteiger partial charge in [0, 0.05) is 5.56 Å². The molecule has 2 rings (SSSR count). The summed E-state index contributed by atoms with van der Waals surface area (Å²) in [5, 5.41) is -1.62. The minimum atomic E-state index is -4.51. The van der Waals surface area contributed by atoms with E-state index in [0.29, 0.717) is 0 Å². The van der Waals surface area contributed by atoms with Crippen molar-refractivity contribution >= 4 is 21.7 Å². The minimum Gasteiger partial charge on any atom is -1.00 e. The first-order chi connectivity index (χ1) is 7.41. The molecule has 0 aliphatic heterocycles. The Kier molecular flexibility index (Phi) is 4.27. The van der Waals surface area contributed by atoms with Gasteiger partial charge in [0.05, 0.1) is 6.42 Å². The number of carbonyl (C=O) groups is 2. The number of Topliss-reactive ketones (excluding diaryl/α,β-unsaturated/α-hetero) is 2. The first kappa shape index (κ1) is 14.5. The molecule has 1 aliphatic carbocycles. The molecule has 7 heteroatoms. The summed E-state index contributed by atoms with van der Waals surface area (Å²) in [4.78, 5) is 22.9. The first-order valence-electron chi connectivity index (χ1n) is 4.52. The summed E-state index contributed by atoms with van der Waals surface area (Å²) in [5.74, 6) is -1.20. The fourth-order valence-electron chi connectivity index (χ4n) is 1.83. The summed E-state index contributed by atoms with van der Waals surface area (Å²) in [6, 6.07) is 5.90. The Hall–Kier alpha value is -0.530. The third-order valence-electron chi connectivity index (χ3n) is 2.47.